The van der Waals surface area contributed by atoms with Crippen LogP contribution in [0.4, 0.5) is 5.82 Å². The number of anilines is 1. The number of benzene rings is 2. The second kappa shape index (κ2) is 5.85. The average Bonchev–Trinajstić information content (AvgIpc) is 2.60. The molecule has 4 nitrogen and oxygen atoms in total. The lowest BCUT2D eigenvalue weighted by Gasteiger charge is -2.05. The molecule has 0 bridgehead atoms. The molecule has 0 radical (unpaired) electrons. The Hall–Kier alpha value is -2.66. The van der Waals surface area contributed by atoms with Gasteiger partial charge in [-0.05, 0) is 24.3 Å². The molecule has 0 fully saturated rings. The van der Waals surface area contributed by atoms with Gasteiger partial charge in [0.2, 0.25) is 0 Å². The Bertz CT molecular complexity index is 1000. The van der Waals surface area contributed by atoms with Crippen molar-refractivity contribution < 1.29 is 0 Å². The zero-order valence-corrected chi connectivity index (χ0v) is 13.1. The van der Waals surface area contributed by atoms with E-state index in [1.165, 1.54) is 0 Å². The van der Waals surface area contributed by atoms with Crippen molar-refractivity contribution in [2.45, 2.75) is 10.8 Å². The van der Waals surface area contributed by atoms with E-state index in [2.05, 4.69) is 27.1 Å². The predicted octanol–water partition coefficient (Wildman–Crippen LogP) is 4.05. The Kier molecular flexibility index (Phi) is 3.55. The summed E-state index contributed by atoms with van der Waals surface area (Å²) >= 11 is 1.61. The highest BCUT2D eigenvalue weighted by molar-refractivity contribution is 7.98. The van der Waals surface area contributed by atoms with Crippen LogP contribution in [0.15, 0.2) is 65.7 Å². The topological polar surface area (TPSA) is 64.7 Å². The summed E-state index contributed by atoms with van der Waals surface area (Å²) < 4.78 is 0. The third kappa shape index (κ3) is 2.83. The van der Waals surface area contributed by atoms with Crippen molar-refractivity contribution in [2.24, 2.45) is 0 Å². The maximum atomic E-state index is 6.02. The van der Waals surface area contributed by atoms with Crippen molar-refractivity contribution >= 4 is 39.4 Å². The summed E-state index contributed by atoms with van der Waals surface area (Å²) in [7, 11) is 0. The van der Waals surface area contributed by atoms with Gasteiger partial charge in [0.15, 0.2) is 0 Å². The van der Waals surface area contributed by atoms with Crippen molar-refractivity contribution in [3.05, 3.63) is 66.5 Å². The van der Waals surface area contributed by atoms with E-state index < -0.39 is 0 Å². The highest BCUT2D eigenvalue weighted by Crippen LogP contribution is 2.24. The number of hydrogen-bond acceptors (Lipinski definition) is 5. The van der Waals surface area contributed by atoms with Crippen LogP contribution < -0.4 is 5.73 Å². The summed E-state index contributed by atoms with van der Waals surface area (Å²) in [5.74, 6) is 1.89. The van der Waals surface area contributed by atoms with Crippen LogP contribution >= 0.6 is 11.8 Å². The zero-order chi connectivity index (χ0) is 15.6. The monoisotopic (exact) mass is 318 g/mol. The van der Waals surface area contributed by atoms with E-state index in [-0.39, 0.29) is 0 Å². The molecule has 0 unspecified atom stereocenters. The second-order valence-electron chi connectivity index (χ2n) is 5.17. The molecule has 112 valence electrons. The largest absolute Gasteiger partial charge is 0.383 e. The molecule has 0 saturated heterocycles. The molecule has 0 atom stereocenters. The van der Waals surface area contributed by atoms with Crippen LogP contribution in [0.5, 0.6) is 0 Å². The summed E-state index contributed by atoms with van der Waals surface area (Å²) in [5, 5.41) is 2.99. The number of nitrogens with two attached hydrogens (primary N) is 1. The quantitative estimate of drug-likeness (QED) is 0.577. The van der Waals surface area contributed by atoms with E-state index in [0.29, 0.717) is 11.6 Å². The molecule has 0 amide bonds. The van der Waals surface area contributed by atoms with Crippen LogP contribution in [0, 0.1) is 0 Å². The van der Waals surface area contributed by atoms with Gasteiger partial charge in [-0.1, -0.05) is 48.2 Å². The Morgan fingerprint density at radius 1 is 0.783 bits per heavy atom. The van der Waals surface area contributed by atoms with Gasteiger partial charge in [-0.25, -0.2) is 15.0 Å². The molecule has 2 N–H and O–H groups in total. The van der Waals surface area contributed by atoms with Gasteiger partial charge < -0.3 is 5.73 Å². The van der Waals surface area contributed by atoms with Gasteiger partial charge >= 0.3 is 0 Å². The second-order valence-corrected chi connectivity index (χ2v) is 6.17. The third-order valence-electron chi connectivity index (χ3n) is 3.60. The molecular weight excluding hydrogens is 304 g/mol. The van der Waals surface area contributed by atoms with Gasteiger partial charge in [0.1, 0.15) is 11.6 Å². The number of nitrogen functional groups attached to an aromatic ring is 1. The van der Waals surface area contributed by atoms with Crippen LogP contribution in [0.2, 0.25) is 0 Å². The lowest BCUT2D eigenvalue weighted by Crippen LogP contribution is -2.00. The smallest absolute Gasteiger partial charge is 0.141 e. The minimum atomic E-state index is 0.526. The first-order valence-electron chi connectivity index (χ1n) is 7.29. The fourth-order valence-electron chi connectivity index (χ4n) is 2.48. The molecule has 0 aliphatic rings. The molecular formula is C18H14N4S. The van der Waals surface area contributed by atoms with Gasteiger partial charge in [-0.3, -0.25) is 0 Å². The van der Waals surface area contributed by atoms with Crippen molar-refractivity contribution in [2.75, 3.05) is 5.73 Å². The molecule has 0 aliphatic heterocycles. The van der Waals surface area contributed by atoms with Crippen molar-refractivity contribution in [3.8, 4) is 0 Å². The van der Waals surface area contributed by atoms with Crippen molar-refractivity contribution in [1.29, 1.82) is 0 Å². The van der Waals surface area contributed by atoms with Gasteiger partial charge in [0.25, 0.3) is 0 Å². The molecule has 2 heterocycles. The van der Waals surface area contributed by atoms with Crippen LogP contribution in [-0.4, -0.2) is 15.0 Å². The normalized spacial score (nSPS) is 11.1. The number of para-hydroxylation sites is 2. The zero-order valence-electron chi connectivity index (χ0n) is 12.3. The first-order chi connectivity index (χ1) is 11.3. The van der Waals surface area contributed by atoms with Crippen LogP contribution in [0.3, 0.4) is 0 Å². The number of thioether (sulfide) groups is 1. The number of rotatable bonds is 3. The summed E-state index contributed by atoms with van der Waals surface area (Å²) in [6.45, 7) is 0. The summed E-state index contributed by atoms with van der Waals surface area (Å²) in [6.07, 6.45) is 0. The lowest BCUT2D eigenvalue weighted by molar-refractivity contribution is 1.07. The lowest BCUT2D eigenvalue weighted by atomic mass is 10.2. The van der Waals surface area contributed by atoms with Crippen LogP contribution in [0.25, 0.3) is 21.8 Å². The number of fused-ring (bicyclic) bond motifs is 2. The van der Waals surface area contributed by atoms with Gasteiger partial charge in [0.05, 0.1) is 21.8 Å². The fourth-order valence-corrected chi connectivity index (χ4v) is 3.22. The van der Waals surface area contributed by atoms with Gasteiger partial charge in [0, 0.05) is 10.8 Å². The maximum absolute atomic E-state index is 6.02. The summed E-state index contributed by atoms with van der Waals surface area (Å²) in [4.78, 5) is 13.6. The molecule has 4 aromatic rings. The summed E-state index contributed by atoms with van der Waals surface area (Å²) in [6, 6.07) is 20.0. The van der Waals surface area contributed by atoms with Gasteiger partial charge in [-0.15, -0.1) is 0 Å². The van der Waals surface area contributed by atoms with Crippen LogP contribution in [-0.2, 0) is 5.75 Å². The first-order valence-corrected chi connectivity index (χ1v) is 8.28. The molecule has 0 spiro atoms. The van der Waals surface area contributed by atoms with Crippen molar-refractivity contribution in [3.63, 3.8) is 0 Å². The molecule has 2 aromatic carbocycles. The number of hydrogen-bond donors (Lipinski definition) is 1. The first kappa shape index (κ1) is 14.0. The highest BCUT2D eigenvalue weighted by Gasteiger charge is 2.06. The third-order valence-corrected chi connectivity index (χ3v) is 4.53. The number of pyridine rings is 1. The minimum Gasteiger partial charge on any atom is -0.383 e. The summed E-state index contributed by atoms with van der Waals surface area (Å²) in [5.41, 5.74) is 7.90. The average molecular weight is 318 g/mol. The van der Waals surface area contributed by atoms with E-state index in [9.17, 15) is 0 Å². The Morgan fingerprint density at radius 3 is 2.48 bits per heavy atom. The fraction of sp³-hybridized carbons (Fsp3) is 0.0556. The molecule has 2 aromatic heterocycles. The minimum absolute atomic E-state index is 0.526. The molecule has 5 heteroatoms. The number of nitrogens with zero attached hydrogens (tertiary/aromatic N) is 3. The predicted molar refractivity (Wildman–Crippen MR) is 95.3 cm³/mol. The van der Waals surface area contributed by atoms with E-state index >= 15 is 0 Å². The molecule has 4 rings (SSSR count). The van der Waals surface area contributed by atoms with Crippen molar-refractivity contribution in [1.82, 2.24) is 15.0 Å². The van der Waals surface area contributed by atoms with E-state index in [1.807, 2.05) is 48.5 Å². The number of aromatic nitrogens is 3. The Morgan fingerprint density at radius 2 is 1.57 bits per heavy atom. The standard InChI is InChI=1S/C18H14N4S/c19-18-13-6-2-4-8-15(13)20-16(22-18)11-23-17-10-9-12-5-1-3-7-14(12)21-17/h1-10H,11H2,(H2,19,20,22). The Labute approximate surface area is 137 Å². The van der Waals surface area contributed by atoms with E-state index in [4.69, 9.17) is 5.73 Å². The van der Waals surface area contributed by atoms with E-state index in [1.54, 1.807) is 11.8 Å². The maximum Gasteiger partial charge on any atom is 0.141 e. The van der Waals surface area contributed by atoms with Gasteiger partial charge in [-0.2, -0.15) is 0 Å². The SMILES string of the molecule is Nc1nc(CSc2ccc3ccccc3n2)nc2ccccc12. The molecule has 23 heavy (non-hydrogen) atoms. The highest BCUT2D eigenvalue weighted by atomic mass is 32.2. The van der Waals surface area contributed by atoms with E-state index in [0.717, 1.165) is 32.7 Å². The Balaban J connectivity index is 1.60. The molecule has 0 aliphatic carbocycles. The molecule has 0 saturated carbocycles. The van der Waals surface area contributed by atoms with Crippen LogP contribution in [0.1, 0.15) is 5.82 Å².